The molecule has 0 radical (unpaired) electrons. The van der Waals surface area contributed by atoms with Crippen LogP contribution in [0, 0.1) is 0 Å². The Kier molecular flexibility index (Phi) is 4.57. The van der Waals surface area contributed by atoms with Gasteiger partial charge in [0.1, 0.15) is 12.0 Å². The molecule has 0 saturated carbocycles. The molecule has 24 heavy (non-hydrogen) atoms. The molecule has 0 aliphatic heterocycles. The van der Waals surface area contributed by atoms with Crippen LogP contribution in [-0.2, 0) is 11.0 Å². The minimum absolute atomic E-state index is 0.112. The van der Waals surface area contributed by atoms with Crippen molar-refractivity contribution >= 4 is 18.6 Å². The SMILES string of the molecule is O=c1ccc2c(-c3ccc(CCCP(=O)(O)O)cc3)ncnc2[nH]1. The van der Waals surface area contributed by atoms with Crippen LogP contribution in [0.5, 0.6) is 0 Å². The van der Waals surface area contributed by atoms with E-state index in [0.29, 0.717) is 18.5 Å². The number of aromatic amines is 1. The molecule has 7 nitrogen and oxygen atoms in total. The van der Waals surface area contributed by atoms with E-state index < -0.39 is 7.60 Å². The lowest BCUT2D eigenvalue weighted by atomic mass is 10.0. The summed E-state index contributed by atoms with van der Waals surface area (Å²) in [6.07, 6.45) is 2.32. The lowest BCUT2D eigenvalue weighted by molar-refractivity contribution is 0.371. The van der Waals surface area contributed by atoms with E-state index in [0.717, 1.165) is 22.2 Å². The number of fused-ring (bicyclic) bond motifs is 1. The van der Waals surface area contributed by atoms with Crippen LogP contribution in [0.3, 0.4) is 0 Å². The molecule has 2 aromatic heterocycles. The predicted molar refractivity (Wildman–Crippen MR) is 90.8 cm³/mol. The van der Waals surface area contributed by atoms with E-state index in [-0.39, 0.29) is 11.7 Å². The van der Waals surface area contributed by atoms with Crippen molar-refractivity contribution in [1.29, 1.82) is 0 Å². The van der Waals surface area contributed by atoms with E-state index in [1.54, 1.807) is 6.07 Å². The second-order valence-corrected chi connectivity index (χ2v) is 7.27. The van der Waals surface area contributed by atoms with Crippen LogP contribution in [-0.4, -0.2) is 30.9 Å². The molecule has 2 heterocycles. The smallest absolute Gasteiger partial charge is 0.324 e. The van der Waals surface area contributed by atoms with Crippen molar-refractivity contribution in [3.05, 3.63) is 58.6 Å². The third kappa shape index (κ3) is 3.94. The zero-order chi connectivity index (χ0) is 17.2. The molecule has 0 saturated heterocycles. The Hall–Kier alpha value is -2.34. The van der Waals surface area contributed by atoms with E-state index in [2.05, 4.69) is 15.0 Å². The Balaban J connectivity index is 1.84. The van der Waals surface area contributed by atoms with Gasteiger partial charge >= 0.3 is 7.60 Å². The first kappa shape index (κ1) is 16.5. The molecule has 0 aliphatic rings. The van der Waals surface area contributed by atoms with Gasteiger partial charge in [-0.3, -0.25) is 9.36 Å². The summed E-state index contributed by atoms with van der Waals surface area (Å²) in [5, 5.41) is 0.756. The molecule has 8 heteroatoms. The lowest BCUT2D eigenvalue weighted by Crippen LogP contribution is -2.04. The molecule has 0 bridgehead atoms. The van der Waals surface area contributed by atoms with Crippen LogP contribution < -0.4 is 5.56 Å². The van der Waals surface area contributed by atoms with Crippen molar-refractivity contribution in [1.82, 2.24) is 15.0 Å². The molecule has 3 aromatic rings. The molecular weight excluding hydrogens is 329 g/mol. The van der Waals surface area contributed by atoms with Gasteiger partial charge in [0.05, 0.1) is 11.9 Å². The number of pyridine rings is 1. The summed E-state index contributed by atoms with van der Waals surface area (Å²) in [6.45, 7) is 0. The maximum atomic E-state index is 11.4. The number of aromatic nitrogens is 3. The van der Waals surface area contributed by atoms with Crippen LogP contribution in [0.4, 0.5) is 0 Å². The van der Waals surface area contributed by atoms with Gasteiger partial charge in [-0.15, -0.1) is 0 Å². The van der Waals surface area contributed by atoms with Crippen molar-refractivity contribution in [3.63, 3.8) is 0 Å². The second-order valence-electron chi connectivity index (χ2n) is 5.50. The first-order valence-corrected chi connectivity index (χ1v) is 9.20. The van der Waals surface area contributed by atoms with Crippen LogP contribution in [0.1, 0.15) is 12.0 Å². The van der Waals surface area contributed by atoms with E-state index in [4.69, 9.17) is 9.79 Å². The molecule has 0 fully saturated rings. The maximum absolute atomic E-state index is 11.4. The third-order valence-electron chi connectivity index (χ3n) is 3.67. The molecule has 3 rings (SSSR count). The second kappa shape index (κ2) is 6.65. The fourth-order valence-electron chi connectivity index (χ4n) is 2.52. The lowest BCUT2D eigenvalue weighted by Gasteiger charge is -2.07. The van der Waals surface area contributed by atoms with Gasteiger partial charge in [0.25, 0.3) is 0 Å². The number of H-pyrrole nitrogens is 1. The molecule has 0 amide bonds. The van der Waals surface area contributed by atoms with Crippen molar-refractivity contribution in [3.8, 4) is 11.3 Å². The van der Waals surface area contributed by atoms with Crippen molar-refractivity contribution in [2.75, 3.05) is 6.16 Å². The largest absolute Gasteiger partial charge is 0.325 e. The quantitative estimate of drug-likeness (QED) is 0.610. The van der Waals surface area contributed by atoms with Crippen LogP contribution in [0.2, 0.25) is 0 Å². The zero-order valence-electron chi connectivity index (χ0n) is 12.7. The molecule has 3 N–H and O–H groups in total. The summed E-state index contributed by atoms with van der Waals surface area (Å²) in [5.41, 5.74) is 2.87. The molecule has 0 atom stereocenters. The maximum Gasteiger partial charge on any atom is 0.325 e. The van der Waals surface area contributed by atoms with Gasteiger partial charge in [-0.25, -0.2) is 9.97 Å². The monoisotopic (exact) mass is 345 g/mol. The topological polar surface area (TPSA) is 116 Å². The predicted octanol–water partition coefficient (Wildman–Crippen LogP) is 2.10. The first-order chi connectivity index (χ1) is 11.4. The number of benzene rings is 1. The number of rotatable bonds is 5. The van der Waals surface area contributed by atoms with Gasteiger partial charge < -0.3 is 14.8 Å². The van der Waals surface area contributed by atoms with Gasteiger partial charge in [0.15, 0.2) is 0 Å². The fraction of sp³-hybridized carbons (Fsp3) is 0.188. The number of hydrogen-bond donors (Lipinski definition) is 3. The average molecular weight is 345 g/mol. The zero-order valence-corrected chi connectivity index (χ0v) is 13.6. The minimum Gasteiger partial charge on any atom is -0.324 e. The standard InChI is InChI=1S/C16H16N3O4P/c20-14-8-7-13-15(17-10-18-16(13)19-14)12-5-3-11(4-6-12)2-1-9-24(21,22)23/h3-8,10H,1-2,9H2,(H2,21,22,23)(H,17,18,19,20). The summed E-state index contributed by atoms with van der Waals surface area (Å²) in [6, 6.07) is 10.8. The van der Waals surface area contributed by atoms with Crippen LogP contribution in [0.25, 0.3) is 22.3 Å². The average Bonchev–Trinajstić information content (AvgIpc) is 2.53. The normalized spacial score (nSPS) is 11.8. The van der Waals surface area contributed by atoms with Crippen molar-refractivity contribution in [2.24, 2.45) is 0 Å². The summed E-state index contributed by atoms with van der Waals surface area (Å²) < 4.78 is 10.9. The Morgan fingerprint density at radius 2 is 1.79 bits per heavy atom. The van der Waals surface area contributed by atoms with E-state index in [9.17, 15) is 9.36 Å². The van der Waals surface area contributed by atoms with Gasteiger partial charge in [-0.2, -0.15) is 0 Å². The van der Waals surface area contributed by atoms with Crippen molar-refractivity contribution in [2.45, 2.75) is 12.8 Å². The summed E-state index contributed by atoms with van der Waals surface area (Å²) in [7, 11) is -3.94. The number of nitrogens with zero attached hydrogens (tertiary/aromatic N) is 2. The van der Waals surface area contributed by atoms with Gasteiger partial charge in [-0.1, -0.05) is 24.3 Å². The molecule has 0 spiro atoms. The summed E-state index contributed by atoms with van der Waals surface area (Å²) >= 11 is 0. The number of aryl methyl sites for hydroxylation is 1. The van der Waals surface area contributed by atoms with E-state index >= 15 is 0 Å². The van der Waals surface area contributed by atoms with E-state index in [1.165, 1.54) is 12.4 Å². The highest BCUT2D eigenvalue weighted by molar-refractivity contribution is 7.51. The summed E-state index contributed by atoms with van der Waals surface area (Å²) in [5.74, 6) is 0. The molecule has 1 aromatic carbocycles. The minimum atomic E-state index is -3.94. The molecule has 124 valence electrons. The third-order valence-corrected chi connectivity index (χ3v) is 4.57. The Morgan fingerprint density at radius 3 is 2.50 bits per heavy atom. The van der Waals surface area contributed by atoms with Gasteiger partial charge in [-0.05, 0) is 24.5 Å². The Morgan fingerprint density at radius 1 is 1.04 bits per heavy atom. The highest BCUT2D eigenvalue weighted by Gasteiger charge is 2.12. The van der Waals surface area contributed by atoms with Crippen LogP contribution >= 0.6 is 7.60 Å². The highest BCUT2D eigenvalue weighted by atomic mass is 31.2. The van der Waals surface area contributed by atoms with E-state index in [1.807, 2.05) is 24.3 Å². The van der Waals surface area contributed by atoms with Gasteiger partial charge in [0, 0.05) is 17.0 Å². The number of hydrogen-bond acceptors (Lipinski definition) is 4. The highest BCUT2D eigenvalue weighted by Crippen LogP contribution is 2.35. The number of nitrogens with one attached hydrogen (secondary N) is 1. The molecule has 0 aliphatic carbocycles. The first-order valence-electron chi connectivity index (χ1n) is 7.40. The Bertz CT molecular complexity index is 963. The van der Waals surface area contributed by atoms with Crippen LogP contribution in [0.15, 0.2) is 47.5 Å². The van der Waals surface area contributed by atoms with Crippen molar-refractivity contribution < 1.29 is 14.4 Å². The molecular formula is C16H16N3O4P. The summed E-state index contributed by atoms with van der Waals surface area (Å²) in [4.78, 5) is 40.2. The fourth-order valence-corrected chi connectivity index (χ4v) is 3.09. The Labute approximate surface area is 137 Å². The molecule has 0 unspecified atom stereocenters. The van der Waals surface area contributed by atoms with Gasteiger partial charge in [0.2, 0.25) is 5.56 Å².